The molecule has 164 valence electrons. The van der Waals surface area contributed by atoms with Gasteiger partial charge in [-0.15, -0.1) is 0 Å². The van der Waals surface area contributed by atoms with Crippen molar-refractivity contribution in [2.24, 2.45) is 5.73 Å². The lowest BCUT2D eigenvalue weighted by molar-refractivity contribution is -0.125. The second kappa shape index (κ2) is 8.97. The molecule has 2 heterocycles. The summed E-state index contributed by atoms with van der Waals surface area (Å²) in [6, 6.07) is 16.5. The molecule has 2 aromatic carbocycles. The molecular formula is C24H25N5O3. The number of hydrogen-bond acceptors (Lipinski definition) is 5. The van der Waals surface area contributed by atoms with Gasteiger partial charge in [-0.2, -0.15) is 5.10 Å². The molecule has 1 fully saturated rings. The second-order valence-corrected chi connectivity index (χ2v) is 7.58. The van der Waals surface area contributed by atoms with Crippen molar-refractivity contribution in [1.82, 2.24) is 14.7 Å². The first-order valence-electron chi connectivity index (χ1n) is 10.4. The van der Waals surface area contributed by atoms with Crippen LogP contribution in [0.3, 0.4) is 0 Å². The van der Waals surface area contributed by atoms with Gasteiger partial charge in [0.05, 0.1) is 6.04 Å². The first-order valence-corrected chi connectivity index (χ1v) is 10.4. The van der Waals surface area contributed by atoms with Crippen molar-refractivity contribution in [3.8, 4) is 22.8 Å². The average molecular weight is 431 g/mol. The van der Waals surface area contributed by atoms with Crippen molar-refractivity contribution in [2.75, 3.05) is 18.8 Å². The predicted octanol–water partition coefficient (Wildman–Crippen LogP) is 3.37. The monoisotopic (exact) mass is 431 g/mol. The summed E-state index contributed by atoms with van der Waals surface area (Å²) in [6.45, 7) is 2.87. The third-order valence-corrected chi connectivity index (χ3v) is 5.43. The molecule has 8 heteroatoms. The molecule has 1 aliphatic heterocycles. The molecule has 1 aromatic heterocycles. The highest BCUT2D eigenvalue weighted by Gasteiger charge is 2.31. The highest BCUT2D eigenvalue weighted by molar-refractivity contribution is 6.03. The van der Waals surface area contributed by atoms with Crippen molar-refractivity contribution < 1.29 is 14.3 Å². The smallest absolute Gasteiger partial charge is 0.254 e. The van der Waals surface area contributed by atoms with Crippen LogP contribution in [0, 0.1) is 0 Å². The quantitative estimate of drug-likeness (QED) is 0.581. The summed E-state index contributed by atoms with van der Waals surface area (Å²) in [5.41, 5.74) is 13.2. The van der Waals surface area contributed by atoms with Crippen molar-refractivity contribution in [2.45, 2.75) is 19.4 Å². The Morgan fingerprint density at radius 1 is 1.09 bits per heavy atom. The molecule has 1 aliphatic rings. The number of allylic oxidation sites excluding steroid dienone is 1. The Morgan fingerprint density at radius 3 is 2.44 bits per heavy atom. The maximum Gasteiger partial charge on any atom is 0.254 e. The van der Waals surface area contributed by atoms with Crippen molar-refractivity contribution >= 4 is 17.6 Å². The molecule has 0 spiro atoms. The van der Waals surface area contributed by atoms with Crippen LogP contribution >= 0.6 is 0 Å². The van der Waals surface area contributed by atoms with E-state index in [-0.39, 0.29) is 23.3 Å². The van der Waals surface area contributed by atoms with Gasteiger partial charge >= 0.3 is 0 Å². The maximum absolute atomic E-state index is 12.2. The van der Waals surface area contributed by atoms with Crippen molar-refractivity contribution in [3.05, 3.63) is 72.3 Å². The molecule has 2 amide bonds. The summed E-state index contributed by atoms with van der Waals surface area (Å²) < 4.78 is 7.44. The third-order valence-electron chi connectivity index (χ3n) is 5.43. The normalized spacial score (nSPS) is 15.9. The summed E-state index contributed by atoms with van der Waals surface area (Å²) >= 11 is 0. The first kappa shape index (κ1) is 21.2. The highest BCUT2D eigenvalue weighted by atomic mass is 16.5. The molecule has 0 unspecified atom stereocenters. The second-order valence-electron chi connectivity index (χ2n) is 7.58. The number of anilines is 1. The number of para-hydroxylation sites is 1. The largest absolute Gasteiger partial charge is 0.457 e. The summed E-state index contributed by atoms with van der Waals surface area (Å²) in [6.07, 6.45) is 3.94. The Balaban J connectivity index is 1.61. The van der Waals surface area contributed by atoms with E-state index in [1.54, 1.807) is 34.7 Å². The molecule has 4 rings (SSSR count). The van der Waals surface area contributed by atoms with Crippen LogP contribution in [0.15, 0.2) is 66.7 Å². The standard InChI is InChI=1S/C24H25N5O3/c1-2-6-20(30)28-14-13-17(15-28)29-23(25)21(24(26)31)22(27-29)16-9-11-19(12-10-16)32-18-7-4-3-5-8-18/h2-12,17H,13-15,25H2,1H3,(H2,26,31)/b6-2+/t17-/m1/s1. The first-order chi connectivity index (χ1) is 15.5. The number of nitrogen functional groups attached to an aromatic ring is 1. The van der Waals surface area contributed by atoms with E-state index in [9.17, 15) is 9.59 Å². The summed E-state index contributed by atoms with van der Waals surface area (Å²) in [5, 5.41) is 4.63. The molecule has 0 aliphatic carbocycles. The topological polar surface area (TPSA) is 116 Å². The molecular weight excluding hydrogens is 406 g/mol. The zero-order valence-corrected chi connectivity index (χ0v) is 17.8. The number of hydrogen-bond donors (Lipinski definition) is 2. The number of nitrogens with zero attached hydrogens (tertiary/aromatic N) is 3. The van der Waals surface area contributed by atoms with E-state index in [2.05, 4.69) is 5.10 Å². The summed E-state index contributed by atoms with van der Waals surface area (Å²) in [7, 11) is 0. The van der Waals surface area contributed by atoms with Gasteiger partial charge in [-0.3, -0.25) is 9.59 Å². The lowest BCUT2D eigenvalue weighted by Crippen LogP contribution is -2.27. The molecule has 0 bridgehead atoms. The SMILES string of the molecule is C/C=C/C(=O)N1CC[C@@H](n2nc(-c3ccc(Oc4ccccc4)cc3)c(C(N)=O)c2N)C1. The number of rotatable bonds is 6. The van der Waals surface area contributed by atoms with Crippen LogP contribution in [-0.4, -0.2) is 39.6 Å². The van der Waals surface area contributed by atoms with E-state index in [0.29, 0.717) is 36.5 Å². The molecule has 4 N–H and O–H groups in total. The fraction of sp³-hybridized carbons (Fsp3) is 0.208. The van der Waals surface area contributed by atoms with E-state index >= 15 is 0 Å². The number of likely N-dealkylation sites (tertiary alicyclic amines) is 1. The lowest BCUT2D eigenvalue weighted by atomic mass is 10.1. The Kier molecular flexibility index (Phi) is 5.93. The van der Waals surface area contributed by atoms with Crippen LogP contribution in [0.2, 0.25) is 0 Å². The summed E-state index contributed by atoms with van der Waals surface area (Å²) in [4.78, 5) is 26.1. The number of nitrogens with two attached hydrogens (primary N) is 2. The van der Waals surface area contributed by atoms with Gasteiger partial charge < -0.3 is 21.1 Å². The maximum atomic E-state index is 12.2. The Hall–Kier alpha value is -4.07. The van der Waals surface area contributed by atoms with Crippen LogP contribution in [0.5, 0.6) is 11.5 Å². The number of carbonyl (C=O) groups is 2. The number of ether oxygens (including phenoxy) is 1. The fourth-order valence-corrected chi connectivity index (χ4v) is 3.87. The van der Waals surface area contributed by atoms with Gasteiger partial charge in [-0.05, 0) is 55.8 Å². The zero-order valence-electron chi connectivity index (χ0n) is 17.8. The molecule has 32 heavy (non-hydrogen) atoms. The van der Waals surface area contributed by atoms with Gasteiger partial charge in [0.1, 0.15) is 28.6 Å². The van der Waals surface area contributed by atoms with Gasteiger partial charge in [0.2, 0.25) is 5.91 Å². The molecule has 8 nitrogen and oxygen atoms in total. The van der Waals surface area contributed by atoms with Gasteiger partial charge in [-0.25, -0.2) is 4.68 Å². The number of benzene rings is 2. The van der Waals surface area contributed by atoms with Gasteiger partial charge in [-0.1, -0.05) is 24.3 Å². The highest BCUT2D eigenvalue weighted by Crippen LogP contribution is 2.33. The van der Waals surface area contributed by atoms with E-state index in [1.807, 2.05) is 42.5 Å². The minimum absolute atomic E-state index is 0.0509. The van der Waals surface area contributed by atoms with Gasteiger partial charge in [0, 0.05) is 18.7 Å². The molecule has 1 saturated heterocycles. The minimum Gasteiger partial charge on any atom is -0.457 e. The van der Waals surface area contributed by atoms with Crippen LogP contribution in [0.25, 0.3) is 11.3 Å². The van der Waals surface area contributed by atoms with Crippen LogP contribution < -0.4 is 16.2 Å². The van der Waals surface area contributed by atoms with Gasteiger partial charge in [0.25, 0.3) is 5.91 Å². The zero-order chi connectivity index (χ0) is 22.7. The Bertz CT molecular complexity index is 1150. The van der Waals surface area contributed by atoms with Crippen LogP contribution in [0.1, 0.15) is 29.7 Å². The Morgan fingerprint density at radius 2 is 1.78 bits per heavy atom. The van der Waals surface area contributed by atoms with Crippen molar-refractivity contribution in [1.29, 1.82) is 0 Å². The van der Waals surface area contributed by atoms with E-state index < -0.39 is 5.91 Å². The third kappa shape index (κ3) is 4.20. The molecule has 3 aromatic rings. The summed E-state index contributed by atoms with van der Waals surface area (Å²) in [5.74, 6) is 0.896. The number of carbonyl (C=O) groups excluding carboxylic acids is 2. The lowest BCUT2D eigenvalue weighted by Gasteiger charge is -2.15. The van der Waals surface area contributed by atoms with Gasteiger partial charge in [0.15, 0.2) is 0 Å². The van der Waals surface area contributed by atoms with Crippen molar-refractivity contribution in [3.63, 3.8) is 0 Å². The molecule has 0 radical (unpaired) electrons. The predicted molar refractivity (Wildman–Crippen MR) is 122 cm³/mol. The Labute approximate surface area is 186 Å². The minimum atomic E-state index is -0.645. The average Bonchev–Trinajstić information content (AvgIpc) is 3.40. The number of primary amides is 1. The number of aromatic nitrogens is 2. The molecule has 0 saturated carbocycles. The van der Waals surface area contributed by atoms with E-state index in [1.165, 1.54) is 6.08 Å². The number of amides is 2. The van der Waals surface area contributed by atoms with Crippen LogP contribution in [-0.2, 0) is 4.79 Å². The molecule has 1 atom stereocenters. The van der Waals surface area contributed by atoms with Crippen LogP contribution in [0.4, 0.5) is 5.82 Å². The van der Waals surface area contributed by atoms with E-state index in [0.717, 1.165) is 5.75 Å². The fourth-order valence-electron chi connectivity index (χ4n) is 3.87. The van der Waals surface area contributed by atoms with E-state index in [4.69, 9.17) is 16.2 Å².